The van der Waals surface area contributed by atoms with E-state index in [4.69, 9.17) is 0 Å². The van der Waals surface area contributed by atoms with E-state index < -0.39 is 0 Å². The van der Waals surface area contributed by atoms with E-state index in [1.807, 2.05) is 33.2 Å². The van der Waals surface area contributed by atoms with Crippen LogP contribution < -0.4 is 10.9 Å². The van der Waals surface area contributed by atoms with Crippen molar-refractivity contribution in [2.24, 2.45) is 0 Å². The van der Waals surface area contributed by atoms with Crippen LogP contribution in [0.4, 0.5) is 5.82 Å². The number of anilines is 1. The Kier molecular flexibility index (Phi) is 4.16. The molecule has 0 saturated carbocycles. The van der Waals surface area contributed by atoms with Crippen molar-refractivity contribution in [3.8, 4) is 0 Å². The van der Waals surface area contributed by atoms with Crippen molar-refractivity contribution in [3.05, 3.63) is 34.7 Å². The predicted molar refractivity (Wildman–Crippen MR) is 78.7 cm³/mol. The smallest absolute Gasteiger partial charge is 0.251 e. The molecule has 0 radical (unpaired) electrons. The van der Waals surface area contributed by atoms with Gasteiger partial charge in [-0.25, -0.2) is 4.98 Å². The fourth-order valence-electron chi connectivity index (χ4n) is 2.02. The number of nitrogens with zero attached hydrogens (tertiary/aromatic N) is 3. The normalized spacial score (nSPS) is 11.2. The summed E-state index contributed by atoms with van der Waals surface area (Å²) < 4.78 is 1.76. The summed E-state index contributed by atoms with van der Waals surface area (Å²) in [6.07, 6.45) is 1.80. The van der Waals surface area contributed by atoms with Gasteiger partial charge in [-0.15, -0.1) is 0 Å². The molecule has 0 aliphatic heterocycles. The second-order valence-electron chi connectivity index (χ2n) is 4.77. The maximum Gasteiger partial charge on any atom is 0.251 e. The molecule has 0 unspecified atom stereocenters. The Morgan fingerprint density at radius 2 is 2.16 bits per heavy atom. The molecule has 0 fully saturated rings. The van der Waals surface area contributed by atoms with Crippen LogP contribution in [-0.2, 0) is 6.54 Å². The molecule has 19 heavy (non-hydrogen) atoms. The number of pyridine rings is 2. The Morgan fingerprint density at radius 3 is 2.84 bits per heavy atom. The van der Waals surface area contributed by atoms with Gasteiger partial charge in [0.1, 0.15) is 5.82 Å². The molecule has 0 aromatic carbocycles. The van der Waals surface area contributed by atoms with Crippen LogP contribution in [0, 0.1) is 0 Å². The fourth-order valence-corrected chi connectivity index (χ4v) is 2.02. The van der Waals surface area contributed by atoms with Gasteiger partial charge in [-0.05, 0) is 27.1 Å². The zero-order valence-electron chi connectivity index (χ0n) is 11.7. The number of rotatable bonds is 5. The van der Waals surface area contributed by atoms with Gasteiger partial charge in [0.05, 0.1) is 5.52 Å². The Hall–Kier alpha value is -1.88. The molecule has 0 amide bonds. The lowest BCUT2D eigenvalue weighted by molar-refractivity contribution is 0.425. The molecular formula is C14H20N4O. The molecule has 2 rings (SSSR count). The van der Waals surface area contributed by atoms with Crippen molar-refractivity contribution in [2.75, 3.05) is 32.5 Å². The van der Waals surface area contributed by atoms with E-state index in [1.165, 1.54) is 0 Å². The molecule has 102 valence electrons. The van der Waals surface area contributed by atoms with E-state index in [0.29, 0.717) is 6.54 Å². The van der Waals surface area contributed by atoms with Crippen LogP contribution >= 0.6 is 0 Å². The molecule has 0 aliphatic carbocycles. The number of aromatic nitrogens is 2. The number of hydrogen-bond acceptors (Lipinski definition) is 4. The van der Waals surface area contributed by atoms with Gasteiger partial charge in [0.15, 0.2) is 0 Å². The lowest BCUT2D eigenvalue weighted by atomic mass is 10.2. The van der Waals surface area contributed by atoms with E-state index in [-0.39, 0.29) is 5.56 Å². The molecule has 0 spiro atoms. The predicted octanol–water partition coefficient (Wildman–Crippen LogP) is 1.39. The molecular weight excluding hydrogens is 240 g/mol. The zero-order chi connectivity index (χ0) is 13.8. The average molecular weight is 260 g/mol. The van der Waals surface area contributed by atoms with Gasteiger partial charge < -0.3 is 14.8 Å². The van der Waals surface area contributed by atoms with Crippen molar-refractivity contribution in [1.29, 1.82) is 0 Å². The highest BCUT2D eigenvalue weighted by molar-refractivity contribution is 5.80. The van der Waals surface area contributed by atoms with E-state index in [0.717, 1.165) is 29.8 Å². The monoisotopic (exact) mass is 260 g/mol. The lowest BCUT2D eigenvalue weighted by Crippen LogP contribution is -2.21. The maximum absolute atomic E-state index is 11.8. The van der Waals surface area contributed by atoms with Gasteiger partial charge >= 0.3 is 0 Å². The minimum Gasteiger partial charge on any atom is -0.369 e. The summed E-state index contributed by atoms with van der Waals surface area (Å²) in [5, 5.41) is 4.26. The Bertz CT molecular complexity index is 618. The topological polar surface area (TPSA) is 50.2 Å². The van der Waals surface area contributed by atoms with E-state index in [9.17, 15) is 4.79 Å². The van der Waals surface area contributed by atoms with Crippen molar-refractivity contribution in [2.45, 2.75) is 13.5 Å². The molecule has 0 aliphatic rings. The van der Waals surface area contributed by atoms with Crippen LogP contribution in [0.3, 0.4) is 0 Å². The van der Waals surface area contributed by atoms with Gasteiger partial charge in [-0.2, -0.15) is 0 Å². The average Bonchev–Trinajstić information content (AvgIpc) is 2.38. The van der Waals surface area contributed by atoms with Crippen molar-refractivity contribution in [3.63, 3.8) is 0 Å². The molecule has 2 heterocycles. The summed E-state index contributed by atoms with van der Waals surface area (Å²) in [4.78, 5) is 18.3. The van der Waals surface area contributed by atoms with Crippen LogP contribution in [0.1, 0.15) is 6.92 Å². The van der Waals surface area contributed by atoms with Gasteiger partial charge in [0, 0.05) is 43.4 Å². The first kappa shape index (κ1) is 13.5. The highest BCUT2D eigenvalue weighted by Crippen LogP contribution is 2.14. The zero-order valence-corrected chi connectivity index (χ0v) is 11.7. The number of likely N-dealkylation sites (N-methyl/N-ethyl adjacent to an activating group) is 1. The van der Waals surface area contributed by atoms with Gasteiger partial charge in [-0.3, -0.25) is 4.79 Å². The summed E-state index contributed by atoms with van der Waals surface area (Å²) >= 11 is 0. The third-order valence-electron chi connectivity index (χ3n) is 3.06. The molecule has 0 bridgehead atoms. The molecule has 5 nitrogen and oxygen atoms in total. The summed E-state index contributed by atoms with van der Waals surface area (Å²) in [5.74, 6) is 0.808. The summed E-state index contributed by atoms with van der Waals surface area (Å²) in [7, 11) is 4.06. The van der Waals surface area contributed by atoms with Crippen LogP contribution in [0.25, 0.3) is 10.9 Å². The van der Waals surface area contributed by atoms with E-state index >= 15 is 0 Å². The molecule has 0 atom stereocenters. The summed E-state index contributed by atoms with van der Waals surface area (Å²) in [6, 6.07) is 5.35. The van der Waals surface area contributed by atoms with Crippen LogP contribution in [0.2, 0.25) is 0 Å². The molecule has 0 saturated heterocycles. The maximum atomic E-state index is 11.8. The van der Waals surface area contributed by atoms with Crippen LogP contribution in [-0.4, -0.2) is 41.6 Å². The first-order valence-electron chi connectivity index (χ1n) is 6.50. The largest absolute Gasteiger partial charge is 0.369 e. The number of aryl methyl sites for hydroxylation is 1. The van der Waals surface area contributed by atoms with Crippen molar-refractivity contribution >= 4 is 16.7 Å². The van der Waals surface area contributed by atoms with Crippen LogP contribution in [0.5, 0.6) is 0 Å². The van der Waals surface area contributed by atoms with Crippen molar-refractivity contribution in [1.82, 2.24) is 14.5 Å². The highest BCUT2D eigenvalue weighted by Gasteiger charge is 2.03. The first-order chi connectivity index (χ1) is 9.11. The molecule has 1 N–H and O–H groups in total. The van der Waals surface area contributed by atoms with Crippen molar-refractivity contribution < 1.29 is 0 Å². The second kappa shape index (κ2) is 5.84. The van der Waals surface area contributed by atoms with Crippen LogP contribution in [0.15, 0.2) is 29.2 Å². The lowest BCUT2D eigenvalue weighted by Gasteiger charge is -2.12. The minimum atomic E-state index is 0.0282. The minimum absolute atomic E-state index is 0.0282. The molecule has 2 aromatic heterocycles. The van der Waals surface area contributed by atoms with E-state index in [2.05, 4.69) is 15.2 Å². The summed E-state index contributed by atoms with van der Waals surface area (Å²) in [6.45, 7) is 4.40. The van der Waals surface area contributed by atoms with Gasteiger partial charge in [-0.1, -0.05) is 0 Å². The Balaban J connectivity index is 2.31. The summed E-state index contributed by atoms with van der Waals surface area (Å²) in [5.41, 5.74) is 0.956. The van der Waals surface area contributed by atoms with Gasteiger partial charge in [0.25, 0.3) is 5.56 Å². The number of fused-ring (bicyclic) bond motifs is 1. The highest BCUT2D eigenvalue weighted by atomic mass is 16.1. The molecule has 2 aromatic rings. The second-order valence-corrected chi connectivity index (χ2v) is 4.77. The first-order valence-corrected chi connectivity index (χ1v) is 6.50. The number of nitrogens with one attached hydrogen (secondary N) is 1. The quantitative estimate of drug-likeness (QED) is 0.882. The SMILES string of the molecule is CCn1c(=O)ccc2cnc(NCCN(C)C)cc21. The van der Waals surface area contributed by atoms with E-state index in [1.54, 1.807) is 16.8 Å². The fraction of sp³-hybridized carbons (Fsp3) is 0.429. The Morgan fingerprint density at radius 1 is 1.37 bits per heavy atom. The third-order valence-corrected chi connectivity index (χ3v) is 3.06. The third kappa shape index (κ3) is 3.12. The van der Waals surface area contributed by atoms with Gasteiger partial charge in [0.2, 0.25) is 0 Å². The molecule has 5 heteroatoms. The standard InChI is InChI=1S/C14H20N4O/c1-4-18-12-9-13(15-7-8-17(2)3)16-10-11(12)5-6-14(18)19/h5-6,9-10H,4,7-8H2,1-3H3,(H,15,16). The Labute approximate surface area is 112 Å². The number of hydrogen-bond donors (Lipinski definition) is 1.